The summed E-state index contributed by atoms with van der Waals surface area (Å²) in [5.74, 6) is 0.00500. The van der Waals surface area contributed by atoms with E-state index < -0.39 is 0 Å². The summed E-state index contributed by atoms with van der Waals surface area (Å²) in [5, 5.41) is 6.44. The monoisotopic (exact) mass is 261 g/mol. The molecule has 0 radical (unpaired) electrons. The van der Waals surface area contributed by atoms with Gasteiger partial charge in [-0.05, 0) is 32.3 Å². The Labute approximate surface area is 115 Å². The third kappa shape index (κ3) is 3.46. The largest absolute Gasteiger partial charge is 0.383 e. The maximum absolute atomic E-state index is 12.4. The number of aromatic nitrogens is 1. The SMILES string of the molecule is CCCNc1cnccc1C(=O)NC1(C)CCCC1. The highest BCUT2D eigenvalue weighted by Crippen LogP contribution is 2.29. The van der Waals surface area contributed by atoms with Crippen molar-refractivity contribution in [1.82, 2.24) is 10.3 Å². The molecule has 2 N–H and O–H groups in total. The fourth-order valence-corrected chi connectivity index (χ4v) is 2.61. The zero-order chi connectivity index (χ0) is 13.7. The number of nitrogens with one attached hydrogen (secondary N) is 2. The van der Waals surface area contributed by atoms with Crippen molar-refractivity contribution in [2.45, 2.75) is 51.5 Å². The molecule has 1 aromatic heterocycles. The van der Waals surface area contributed by atoms with Crippen LogP contribution in [0.3, 0.4) is 0 Å². The molecule has 4 heteroatoms. The Bertz CT molecular complexity index is 439. The first-order chi connectivity index (χ1) is 9.14. The Morgan fingerprint density at radius 2 is 2.16 bits per heavy atom. The Morgan fingerprint density at radius 3 is 2.84 bits per heavy atom. The number of carbonyl (C=O) groups excluding carboxylic acids is 1. The molecule has 104 valence electrons. The summed E-state index contributed by atoms with van der Waals surface area (Å²) in [7, 11) is 0. The molecule has 0 atom stereocenters. The molecule has 1 heterocycles. The molecule has 1 aliphatic rings. The van der Waals surface area contributed by atoms with Crippen LogP contribution in [-0.2, 0) is 0 Å². The maximum Gasteiger partial charge on any atom is 0.253 e. The maximum atomic E-state index is 12.4. The third-order valence-corrected chi connectivity index (χ3v) is 3.75. The van der Waals surface area contributed by atoms with Crippen molar-refractivity contribution in [3.63, 3.8) is 0 Å². The Hall–Kier alpha value is -1.58. The fourth-order valence-electron chi connectivity index (χ4n) is 2.61. The number of hydrogen-bond acceptors (Lipinski definition) is 3. The molecule has 19 heavy (non-hydrogen) atoms. The summed E-state index contributed by atoms with van der Waals surface area (Å²) in [6.07, 6.45) is 8.96. The molecule has 1 fully saturated rings. The van der Waals surface area contributed by atoms with E-state index in [4.69, 9.17) is 0 Å². The quantitative estimate of drug-likeness (QED) is 0.856. The van der Waals surface area contributed by atoms with Crippen LogP contribution in [0.25, 0.3) is 0 Å². The second kappa shape index (κ2) is 6.04. The van der Waals surface area contributed by atoms with Crippen molar-refractivity contribution in [2.75, 3.05) is 11.9 Å². The predicted molar refractivity (Wildman–Crippen MR) is 77.4 cm³/mol. The molecule has 0 saturated heterocycles. The van der Waals surface area contributed by atoms with Gasteiger partial charge in [0, 0.05) is 18.3 Å². The van der Waals surface area contributed by atoms with Gasteiger partial charge in [-0.3, -0.25) is 9.78 Å². The van der Waals surface area contributed by atoms with Gasteiger partial charge in [-0.2, -0.15) is 0 Å². The molecule has 0 aromatic carbocycles. The lowest BCUT2D eigenvalue weighted by molar-refractivity contribution is 0.0909. The van der Waals surface area contributed by atoms with E-state index in [0.29, 0.717) is 5.56 Å². The average Bonchev–Trinajstić information content (AvgIpc) is 2.83. The van der Waals surface area contributed by atoms with Gasteiger partial charge >= 0.3 is 0 Å². The number of hydrogen-bond donors (Lipinski definition) is 2. The first-order valence-corrected chi connectivity index (χ1v) is 7.15. The van der Waals surface area contributed by atoms with E-state index in [9.17, 15) is 4.79 Å². The van der Waals surface area contributed by atoms with Gasteiger partial charge in [0.25, 0.3) is 5.91 Å². The molecular weight excluding hydrogens is 238 g/mol. The highest BCUT2D eigenvalue weighted by atomic mass is 16.1. The molecule has 4 nitrogen and oxygen atoms in total. The van der Waals surface area contributed by atoms with Crippen LogP contribution in [0.2, 0.25) is 0 Å². The lowest BCUT2D eigenvalue weighted by Gasteiger charge is -2.25. The third-order valence-electron chi connectivity index (χ3n) is 3.75. The Balaban J connectivity index is 2.09. The van der Waals surface area contributed by atoms with E-state index in [2.05, 4.69) is 29.5 Å². The van der Waals surface area contributed by atoms with Crippen molar-refractivity contribution in [3.05, 3.63) is 24.0 Å². The van der Waals surface area contributed by atoms with Gasteiger partial charge in [-0.25, -0.2) is 0 Å². The van der Waals surface area contributed by atoms with Gasteiger partial charge < -0.3 is 10.6 Å². The summed E-state index contributed by atoms with van der Waals surface area (Å²) < 4.78 is 0. The number of pyridine rings is 1. The van der Waals surface area contributed by atoms with Crippen LogP contribution in [-0.4, -0.2) is 23.0 Å². The summed E-state index contributed by atoms with van der Waals surface area (Å²) in [6, 6.07) is 1.78. The lowest BCUT2D eigenvalue weighted by atomic mass is 10.00. The molecule has 2 rings (SSSR count). The van der Waals surface area contributed by atoms with Crippen molar-refractivity contribution >= 4 is 11.6 Å². The van der Waals surface area contributed by atoms with Crippen molar-refractivity contribution in [2.24, 2.45) is 0 Å². The smallest absolute Gasteiger partial charge is 0.253 e. The van der Waals surface area contributed by atoms with Crippen LogP contribution in [0.5, 0.6) is 0 Å². The Kier molecular flexibility index (Phi) is 4.40. The number of amides is 1. The summed E-state index contributed by atoms with van der Waals surface area (Å²) in [4.78, 5) is 16.5. The van der Waals surface area contributed by atoms with Crippen molar-refractivity contribution < 1.29 is 4.79 Å². The normalized spacial score (nSPS) is 17.2. The molecule has 0 spiro atoms. The first kappa shape index (κ1) is 13.8. The molecule has 0 aliphatic heterocycles. The van der Waals surface area contributed by atoms with Gasteiger partial charge in [-0.1, -0.05) is 19.8 Å². The number of nitrogens with zero attached hydrogens (tertiary/aromatic N) is 1. The zero-order valence-electron chi connectivity index (χ0n) is 11.8. The van der Waals surface area contributed by atoms with Crippen molar-refractivity contribution in [1.29, 1.82) is 0 Å². The second-order valence-corrected chi connectivity index (χ2v) is 5.57. The summed E-state index contributed by atoms with van der Waals surface area (Å²) in [6.45, 7) is 5.09. The topological polar surface area (TPSA) is 54.0 Å². The number of rotatable bonds is 5. The predicted octanol–water partition coefficient (Wildman–Crippen LogP) is 2.97. The van der Waals surface area contributed by atoms with Gasteiger partial charge in [0.1, 0.15) is 0 Å². The molecule has 1 aliphatic carbocycles. The lowest BCUT2D eigenvalue weighted by Crippen LogP contribution is -2.43. The van der Waals surface area contributed by atoms with Crippen LogP contribution in [0.15, 0.2) is 18.5 Å². The average molecular weight is 261 g/mol. The van der Waals surface area contributed by atoms with Crippen LogP contribution >= 0.6 is 0 Å². The van der Waals surface area contributed by atoms with Crippen LogP contribution in [0, 0.1) is 0 Å². The summed E-state index contributed by atoms with van der Waals surface area (Å²) >= 11 is 0. The van der Waals surface area contributed by atoms with E-state index in [0.717, 1.165) is 31.5 Å². The zero-order valence-corrected chi connectivity index (χ0v) is 11.8. The van der Waals surface area contributed by atoms with Gasteiger partial charge in [-0.15, -0.1) is 0 Å². The molecular formula is C15H23N3O. The van der Waals surface area contributed by atoms with E-state index in [1.54, 1.807) is 18.5 Å². The second-order valence-electron chi connectivity index (χ2n) is 5.57. The van der Waals surface area contributed by atoms with Crippen LogP contribution < -0.4 is 10.6 Å². The first-order valence-electron chi connectivity index (χ1n) is 7.15. The van der Waals surface area contributed by atoms with Gasteiger partial charge in [0.2, 0.25) is 0 Å². The number of carbonyl (C=O) groups is 1. The number of anilines is 1. The van der Waals surface area contributed by atoms with E-state index in [-0.39, 0.29) is 11.4 Å². The molecule has 0 unspecified atom stereocenters. The minimum atomic E-state index is -0.0393. The van der Waals surface area contributed by atoms with Crippen LogP contribution in [0.1, 0.15) is 56.3 Å². The Morgan fingerprint density at radius 1 is 1.42 bits per heavy atom. The molecule has 1 amide bonds. The van der Waals surface area contributed by atoms with Crippen molar-refractivity contribution in [3.8, 4) is 0 Å². The standard InChI is InChI=1S/C15H23N3O/c1-3-9-17-13-11-16-10-6-12(13)14(19)18-15(2)7-4-5-8-15/h6,10-11,17H,3-5,7-9H2,1-2H3,(H,18,19). The minimum Gasteiger partial charge on any atom is -0.383 e. The van der Waals surface area contributed by atoms with E-state index in [1.807, 2.05) is 0 Å². The molecule has 0 bridgehead atoms. The van der Waals surface area contributed by atoms with Crippen LogP contribution in [0.4, 0.5) is 5.69 Å². The van der Waals surface area contributed by atoms with Gasteiger partial charge in [0.15, 0.2) is 0 Å². The highest BCUT2D eigenvalue weighted by molar-refractivity contribution is 5.99. The minimum absolute atomic E-state index is 0.00500. The van der Waals surface area contributed by atoms with E-state index >= 15 is 0 Å². The molecule has 1 saturated carbocycles. The van der Waals surface area contributed by atoms with Gasteiger partial charge in [0.05, 0.1) is 17.4 Å². The highest BCUT2D eigenvalue weighted by Gasteiger charge is 2.30. The fraction of sp³-hybridized carbons (Fsp3) is 0.600. The van der Waals surface area contributed by atoms with E-state index in [1.165, 1.54) is 12.8 Å². The molecule has 1 aromatic rings. The summed E-state index contributed by atoms with van der Waals surface area (Å²) in [5.41, 5.74) is 1.47.